The Kier molecular flexibility index (Phi) is 3.04. The van der Waals surface area contributed by atoms with Gasteiger partial charge in [-0.05, 0) is 19.9 Å². The molecule has 2 N–H and O–H groups in total. The second-order valence-corrected chi connectivity index (χ2v) is 3.97. The molecule has 0 amide bonds. The van der Waals surface area contributed by atoms with Gasteiger partial charge in [-0.2, -0.15) is 0 Å². The topological polar surface area (TPSA) is 79.9 Å². The largest absolute Gasteiger partial charge is 0.487 e. The van der Waals surface area contributed by atoms with E-state index in [1.165, 1.54) is 6.07 Å². The van der Waals surface area contributed by atoms with E-state index in [-0.39, 0.29) is 11.3 Å². The van der Waals surface area contributed by atoms with Crippen LogP contribution in [0.5, 0.6) is 5.75 Å². The maximum Gasteiger partial charge on any atom is 0.345 e. The van der Waals surface area contributed by atoms with Gasteiger partial charge in [-0.15, -0.1) is 0 Å². The monoisotopic (exact) mass is 238 g/mol. The second-order valence-electron chi connectivity index (χ2n) is 3.97. The summed E-state index contributed by atoms with van der Waals surface area (Å²) in [6, 6.07) is 1.53. The lowest BCUT2D eigenvalue weighted by Crippen LogP contribution is -2.40. The van der Waals surface area contributed by atoms with E-state index in [0.29, 0.717) is 5.76 Å². The molecule has 3 atom stereocenters. The van der Waals surface area contributed by atoms with Crippen molar-refractivity contribution in [2.45, 2.75) is 32.2 Å². The lowest BCUT2D eigenvalue weighted by atomic mass is 9.98. The molecule has 1 aromatic rings. The Labute approximate surface area is 98.0 Å². The van der Waals surface area contributed by atoms with Crippen LogP contribution in [0.3, 0.4) is 0 Å². The molecule has 5 nitrogen and oxygen atoms in total. The molecule has 5 heteroatoms. The van der Waals surface area contributed by atoms with Crippen molar-refractivity contribution in [3.63, 3.8) is 0 Å². The average Bonchev–Trinajstić information content (AvgIpc) is 2.25. The number of hydrogen-bond donors (Lipinski definition) is 2. The summed E-state index contributed by atoms with van der Waals surface area (Å²) >= 11 is 0. The third-order valence-corrected chi connectivity index (χ3v) is 2.71. The normalized spacial score (nSPS) is 27.9. The minimum Gasteiger partial charge on any atom is -0.487 e. The van der Waals surface area contributed by atoms with Gasteiger partial charge in [0.2, 0.25) is 0 Å². The number of rotatable bonds is 1. The van der Waals surface area contributed by atoms with Crippen molar-refractivity contribution in [1.82, 2.24) is 0 Å². The fourth-order valence-electron chi connectivity index (χ4n) is 1.81. The minimum absolute atomic E-state index is 0.0242. The number of hydrogen-bond acceptors (Lipinski definition) is 5. The predicted octanol–water partition coefficient (Wildman–Crippen LogP) is 0.848. The zero-order valence-electron chi connectivity index (χ0n) is 9.58. The first kappa shape index (κ1) is 11.9. The van der Waals surface area contributed by atoms with E-state index in [4.69, 9.17) is 9.15 Å². The fourth-order valence-corrected chi connectivity index (χ4v) is 1.81. The standard InChI is InChI=1S/C12H14O5/c1-3-4-7-5-8-9(12(15)17-7)11(14)10(13)6(2)16-8/h3-6,10-11,13-14H,1-2H3/b4-3+. The van der Waals surface area contributed by atoms with Gasteiger partial charge < -0.3 is 19.4 Å². The summed E-state index contributed by atoms with van der Waals surface area (Å²) in [5.74, 6) is 0.617. The summed E-state index contributed by atoms with van der Waals surface area (Å²) < 4.78 is 10.4. The average molecular weight is 238 g/mol. The molecule has 0 fully saturated rings. The lowest BCUT2D eigenvalue weighted by Gasteiger charge is -2.31. The van der Waals surface area contributed by atoms with Crippen LogP contribution < -0.4 is 10.4 Å². The van der Waals surface area contributed by atoms with E-state index in [1.807, 2.05) is 0 Å². The summed E-state index contributed by atoms with van der Waals surface area (Å²) in [5.41, 5.74) is -0.710. The third-order valence-electron chi connectivity index (χ3n) is 2.71. The number of aliphatic hydroxyl groups excluding tert-OH is 2. The van der Waals surface area contributed by atoms with E-state index in [9.17, 15) is 15.0 Å². The molecule has 1 aliphatic heterocycles. The van der Waals surface area contributed by atoms with E-state index in [0.717, 1.165) is 0 Å². The summed E-state index contributed by atoms with van der Waals surface area (Å²) in [6.45, 7) is 3.42. The van der Waals surface area contributed by atoms with Crippen LogP contribution in [0.4, 0.5) is 0 Å². The SMILES string of the molecule is C/C=C/c1cc2c(c(=O)o1)C(O)C(O)C(C)O2. The first-order valence-electron chi connectivity index (χ1n) is 5.38. The van der Waals surface area contributed by atoms with Crippen molar-refractivity contribution in [3.8, 4) is 5.75 Å². The molecule has 2 rings (SSSR count). The van der Waals surface area contributed by atoms with E-state index in [2.05, 4.69) is 0 Å². The Bertz CT molecular complexity index is 502. The third kappa shape index (κ3) is 1.99. The summed E-state index contributed by atoms with van der Waals surface area (Å²) in [7, 11) is 0. The highest BCUT2D eigenvalue weighted by Gasteiger charge is 2.36. The van der Waals surface area contributed by atoms with Crippen LogP contribution in [-0.4, -0.2) is 22.4 Å². The van der Waals surface area contributed by atoms with Crippen LogP contribution in [0.15, 0.2) is 21.4 Å². The molecule has 0 aromatic carbocycles. The highest BCUT2D eigenvalue weighted by atomic mass is 16.5. The number of fused-ring (bicyclic) bond motifs is 1. The molecule has 1 aromatic heterocycles. The number of aliphatic hydroxyl groups is 2. The molecule has 0 spiro atoms. The van der Waals surface area contributed by atoms with Gasteiger partial charge in [0.15, 0.2) is 0 Å². The van der Waals surface area contributed by atoms with E-state index in [1.54, 1.807) is 26.0 Å². The maximum atomic E-state index is 11.7. The van der Waals surface area contributed by atoms with Gasteiger partial charge in [-0.25, -0.2) is 4.79 Å². The van der Waals surface area contributed by atoms with Crippen LogP contribution in [0.2, 0.25) is 0 Å². The number of allylic oxidation sites excluding steroid dienone is 1. The van der Waals surface area contributed by atoms with E-state index < -0.39 is 23.9 Å². The molecule has 0 saturated carbocycles. The highest BCUT2D eigenvalue weighted by molar-refractivity contribution is 5.47. The van der Waals surface area contributed by atoms with Crippen molar-refractivity contribution in [2.24, 2.45) is 0 Å². The lowest BCUT2D eigenvalue weighted by molar-refractivity contribution is -0.0636. The molecule has 0 saturated heterocycles. The van der Waals surface area contributed by atoms with Crippen LogP contribution >= 0.6 is 0 Å². The van der Waals surface area contributed by atoms with Gasteiger partial charge in [-0.1, -0.05) is 6.08 Å². The van der Waals surface area contributed by atoms with Gasteiger partial charge >= 0.3 is 5.63 Å². The summed E-state index contributed by atoms with van der Waals surface area (Å²) in [5, 5.41) is 19.4. The van der Waals surface area contributed by atoms with Crippen LogP contribution in [0, 0.1) is 0 Å². The van der Waals surface area contributed by atoms with Crippen LogP contribution in [0.1, 0.15) is 31.3 Å². The Morgan fingerprint density at radius 1 is 1.41 bits per heavy atom. The zero-order valence-corrected chi connectivity index (χ0v) is 9.58. The summed E-state index contributed by atoms with van der Waals surface area (Å²) in [6.07, 6.45) is 0.371. The molecular weight excluding hydrogens is 224 g/mol. The molecule has 0 radical (unpaired) electrons. The zero-order chi connectivity index (χ0) is 12.6. The molecule has 1 aliphatic rings. The molecular formula is C12H14O5. The van der Waals surface area contributed by atoms with Crippen LogP contribution in [-0.2, 0) is 0 Å². The first-order valence-corrected chi connectivity index (χ1v) is 5.38. The summed E-state index contributed by atoms with van der Waals surface area (Å²) in [4.78, 5) is 11.7. The second kappa shape index (κ2) is 4.35. The van der Waals surface area contributed by atoms with Gasteiger partial charge in [0.25, 0.3) is 0 Å². The first-order chi connectivity index (χ1) is 8.04. The molecule has 92 valence electrons. The highest BCUT2D eigenvalue weighted by Crippen LogP contribution is 2.33. The Balaban J connectivity index is 2.56. The van der Waals surface area contributed by atoms with Gasteiger partial charge in [-0.3, -0.25) is 0 Å². The van der Waals surface area contributed by atoms with Gasteiger partial charge in [0.1, 0.15) is 35.4 Å². The fraction of sp³-hybridized carbons (Fsp3) is 0.417. The number of ether oxygens (including phenoxy) is 1. The van der Waals surface area contributed by atoms with E-state index >= 15 is 0 Å². The maximum absolute atomic E-state index is 11.7. The Hall–Kier alpha value is -1.59. The van der Waals surface area contributed by atoms with Gasteiger partial charge in [0.05, 0.1) is 0 Å². The molecule has 0 bridgehead atoms. The van der Waals surface area contributed by atoms with Crippen molar-refractivity contribution in [1.29, 1.82) is 0 Å². The Morgan fingerprint density at radius 2 is 2.12 bits per heavy atom. The molecule has 3 unspecified atom stereocenters. The minimum atomic E-state index is -1.27. The van der Waals surface area contributed by atoms with Gasteiger partial charge in [0, 0.05) is 6.07 Å². The van der Waals surface area contributed by atoms with Crippen LogP contribution in [0.25, 0.3) is 6.08 Å². The molecule has 2 heterocycles. The molecule has 0 aliphatic carbocycles. The van der Waals surface area contributed by atoms with Crippen molar-refractivity contribution >= 4 is 6.08 Å². The Morgan fingerprint density at radius 3 is 2.76 bits per heavy atom. The quantitative estimate of drug-likeness (QED) is 0.758. The van der Waals surface area contributed by atoms with Crippen molar-refractivity contribution in [2.75, 3.05) is 0 Å². The smallest absolute Gasteiger partial charge is 0.345 e. The predicted molar refractivity (Wildman–Crippen MR) is 60.7 cm³/mol. The van der Waals surface area contributed by atoms with Crippen molar-refractivity contribution in [3.05, 3.63) is 33.9 Å². The molecule has 17 heavy (non-hydrogen) atoms. The van der Waals surface area contributed by atoms with Crippen molar-refractivity contribution < 1.29 is 19.4 Å².